The average molecular weight is 230 g/mol. The fraction of sp³-hybridized carbons (Fsp3) is 0.214. The van der Waals surface area contributed by atoms with Crippen LogP contribution in [0.3, 0.4) is 0 Å². The predicted octanol–water partition coefficient (Wildman–Crippen LogP) is 3.35. The van der Waals surface area contributed by atoms with Crippen LogP contribution >= 0.6 is 0 Å². The third-order valence-electron chi connectivity index (χ3n) is 2.88. The molecular weight excluding hydrogens is 216 g/mol. The number of carbonyl (C=O) groups is 1. The van der Waals surface area contributed by atoms with E-state index in [1.54, 1.807) is 12.3 Å². The first kappa shape index (κ1) is 11.5. The molecular formula is C14H14O3. The van der Waals surface area contributed by atoms with Gasteiger partial charge in [-0.3, -0.25) is 0 Å². The van der Waals surface area contributed by atoms with E-state index >= 15 is 0 Å². The van der Waals surface area contributed by atoms with E-state index in [1.807, 2.05) is 32.0 Å². The molecule has 0 fully saturated rings. The Bertz CT molecular complexity index is 539. The van der Waals surface area contributed by atoms with Crippen LogP contribution in [0.4, 0.5) is 0 Å². The first-order valence-electron chi connectivity index (χ1n) is 5.37. The van der Waals surface area contributed by atoms with Gasteiger partial charge in [-0.25, -0.2) is 4.79 Å². The maximum atomic E-state index is 11.7. The molecule has 17 heavy (non-hydrogen) atoms. The highest BCUT2D eigenvalue weighted by Crippen LogP contribution is 2.25. The molecule has 0 saturated heterocycles. The van der Waals surface area contributed by atoms with Crippen molar-refractivity contribution in [2.24, 2.45) is 0 Å². The van der Waals surface area contributed by atoms with Crippen LogP contribution < -0.4 is 0 Å². The van der Waals surface area contributed by atoms with Crippen molar-refractivity contribution in [2.45, 2.75) is 13.8 Å². The summed E-state index contributed by atoms with van der Waals surface area (Å²) >= 11 is 0. The lowest BCUT2D eigenvalue weighted by Crippen LogP contribution is -2.05. The highest BCUT2D eigenvalue weighted by Gasteiger charge is 2.14. The molecule has 0 amide bonds. The molecule has 0 unspecified atom stereocenters. The molecule has 88 valence electrons. The van der Waals surface area contributed by atoms with Crippen LogP contribution in [-0.2, 0) is 4.74 Å². The lowest BCUT2D eigenvalue weighted by molar-refractivity contribution is 0.0600. The number of carbonyl (C=O) groups excluding carboxylic acids is 1. The molecule has 0 bridgehead atoms. The monoisotopic (exact) mass is 230 g/mol. The van der Waals surface area contributed by atoms with E-state index in [2.05, 4.69) is 0 Å². The molecule has 0 atom stereocenters. The highest BCUT2D eigenvalue weighted by molar-refractivity contribution is 5.92. The van der Waals surface area contributed by atoms with E-state index < -0.39 is 0 Å². The Morgan fingerprint density at radius 3 is 2.65 bits per heavy atom. The van der Waals surface area contributed by atoms with Crippen molar-refractivity contribution < 1.29 is 13.9 Å². The zero-order valence-corrected chi connectivity index (χ0v) is 10.1. The van der Waals surface area contributed by atoms with Crippen LogP contribution in [0.15, 0.2) is 34.9 Å². The number of ether oxygens (including phenoxy) is 1. The normalized spacial score (nSPS) is 10.3. The van der Waals surface area contributed by atoms with Crippen molar-refractivity contribution in [3.8, 4) is 11.3 Å². The SMILES string of the molecule is COC(=O)c1cc(-c2ccco2)cc(C)c1C. The Morgan fingerprint density at radius 1 is 1.29 bits per heavy atom. The molecule has 2 aromatic rings. The second kappa shape index (κ2) is 4.45. The quantitative estimate of drug-likeness (QED) is 0.743. The summed E-state index contributed by atoms with van der Waals surface area (Å²) < 4.78 is 10.1. The van der Waals surface area contributed by atoms with Crippen LogP contribution in [0.2, 0.25) is 0 Å². The fourth-order valence-electron chi connectivity index (χ4n) is 1.77. The van der Waals surface area contributed by atoms with Crippen molar-refractivity contribution in [3.63, 3.8) is 0 Å². The molecule has 1 aromatic heterocycles. The Kier molecular flexibility index (Phi) is 3.00. The topological polar surface area (TPSA) is 39.4 Å². The Labute approximate surface area is 100 Å². The standard InChI is InChI=1S/C14H14O3/c1-9-7-11(13-5-4-6-17-13)8-12(10(9)2)14(15)16-3/h4-8H,1-3H3. The van der Waals surface area contributed by atoms with E-state index in [-0.39, 0.29) is 5.97 Å². The minimum Gasteiger partial charge on any atom is -0.465 e. The summed E-state index contributed by atoms with van der Waals surface area (Å²) in [4.78, 5) is 11.7. The van der Waals surface area contributed by atoms with Gasteiger partial charge in [-0.05, 0) is 49.2 Å². The number of hydrogen-bond donors (Lipinski definition) is 0. The molecule has 3 nitrogen and oxygen atoms in total. The van der Waals surface area contributed by atoms with E-state index in [0.29, 0.717) is 5.56 Å². The number of hydrogen-bond acceptors (Lipinski definition) is 3. The third kappa shape index (κ3) is 2.09. The van der Waals surface area contributed by atoms with E-state index in [9.17, 15) is 4.79 Å². The van der Waals surface area contributed by atoms with Gasteiger partial charge in [-0.1, -0.05) is 0 Å². The minimum absolute atomic E-state index is 0.320. The van der Waals surface area contributed by atoms with Crippen molar-refractivity contribution in [2.75, 3.05) is 7.11 Å². The van der Waals surface area contributed by atoms with Crippen LogP contribution in [0.1, 0.15) is 21.5 Å². The van der Waals surface area contributed by atoms with Gasteiger partial charge >= 0.3 is 5.97 Å². The van der Waals surface area contributed by atoms with Gasteiger partial charge in [0.2, 0.25) is 0 Å². The number of rotatable bonds is 2. The molecule has 2 rings (SSSR count). The summed E-state index contributed by atoms with van der Waals surface area (Å²) in [5.41, 5.74) is 3.45. The first-order chi connectivity index (χ1) is 8.13. The van der Waals surface area contributed by atoms with Crippen molar-refractivity contribution >= 4 is 5.97 Å². The second-order valence-electron chi connectivity index (χ2n) is 3.93. The fourth-order valence-corrected chi connectivity index (χ4v) is 1.77. The third-order valence-corrected chi connectivity index (χ3v) is 2.88. The summed E-state index contributed by atoms with van der Waals surface area (Å²) in [5, 5.41) is 0. The molecule has 0 aliphatic heterocycles. The first-order valence-corrected chi connectivity index (χ1v) is 5.37. The van der Waals surface area contributed by atoms with Gasteiger partial charge in [-0.15, -0.1) is 0 Å². The summed E-state index contributed by atoms with van der Waals surface area (Å²) in [6.45, 7) is 3.88. The Morgan fingerprint density at radius 2 is 2.06 bits per heavy atom. The van der Waals surface area contributed by atoms with Crippen LogP contribution in [-0.4, -0.2) is 13.1 Å². The van der Waals surface area contributed by atoms with Gasteiger partial charge in [-0.2, -0.15) is 0 Å². The van der Waals surface area contributed by atoms with E-state index in [1.165, 1.54) is 7.11 Å². The molecule has 1 aromatic carbocycles. The maximum absolute atomic E-state index is 11.7. The smallest absolute Gasteiger partial charge is 0.338 e. The zero-order valence-electron chi connectivity index (χ0n) is 10.1. The lowest BCUT2D eigenvalue weighted by atomic mass is 9.98. The number of benzene rings is 1. The summed E-state index contributed by atoms with van der Waals surface area (Å²) in [6, 6.07) is 7.49. The van der Waals surface area contributed by atoms with Crippen molar-refractivity contribution in [1.29, 1.82) is 0 Å². The number of aryl methyl sites for hydroxylation is 1. The van der Waals surface area contributed by atoms with Gasteiger partial charge in [0.1, 0.15) is 5.76 Å². The summed E-state index contributed by atoms with van der Waals surface area (Å²) in [6.07, 6.45) is 1.61. The molecule has 0 saturated carbocycles. The molecule has 0 aliphatic carbocycles. The molecule has 0 radical (unpaired) electrons. The van der Waals surface area contributed by atoms with Crippen molar-refractivity contribution in [3.05, 3.63) is 47.2 Å². The van der Waals surface area contributed by atoms with Gasteiger partial charge < -0.3 is 9.15 Å². The van der Waals surface area contributed by atoms with Crippen molar-refractivity contribution in [1.82, 2.24) is 0 Å². The molecule has 1 heterocycles. The zero-order chi connectivity index (χ0) is 12.4. The van der Waals surface area contributed by atoms with Gasteiger partial charge in [0.05, 0.1) is 18.9 Å². The molecule has 0 aliphatic rings. The summed E-state index contributed by atoms with van der Waals surface area (Å²) in [5.74, 6) is 0.428. The predicted molar refractivity (Wildman–Crippen MR) is 65.0 cm³/mol. The average Bonchev–Trinajstić information content (AvgIpc) is 2.85. The van der Waals surface area contributed by atoms with Gasteiger partial charge in [0.15, 0.2) is 0 Å². The Balaban J connectivity index is 2.57. The number of methoxy groups -OCH3 is 1. The summed E-state index contributed by atoms with van der Waals surface area (Å²) in [7, 11) is 1.39. The lowest BCUT2D eigenvalue weighted by Gasteiger charge is -2.09. The second-order valence-corrected chi connectivity index (χ2v) is 3.93. The minimum atomic E-state index is -0.320. The van der Waals surface area contributed by atoms with E-state index in [4.69, 9.17) is 9.15 Å². The Hall–Kier alpha value is -2.03. The maximum Gasteiger partial charge on any atom is 0.338 e. The largest absolute Gasteiger partial charge is 0.465 e. The molecule has 0 spiro atoms. The number of esters is 1. The number of furan rings is 1. The van der Waals surface area contributed by atoms with Gasteiger partial charge in [0.25, 0.3) is 0 Å². The molecule has 3 heteroatoms. The van der Waals surface area contributed by atoms with Gasteiger partial charge in [0, 0.05) is 5.56 Å². The van der Waals surface area contributed by atoms with Crippen LogP contribution in [0, 0.1) is 13.8 Å². The van der Waals surface area contributed by atoms with E-state index in [0.717, 1.165) is 22.5 Å². The highest BCUT2D eigenvalue weighted by atomic mass is 16.5. The molecule has 0 N–H and O–H groups in total. The van der Waals surface area contributed by atoms with Crippen LogP contribution in [0.25, 0.3) is 11.3 Å². The van der Waals surface area contributed by atoms with Crippen LogP contribution in [0.5, 0.6) is 0 Å².